The Morgan fingerprint density at radius 2 is 2.29 bits per heavy atom. The third kappa shape index (κ3) is 4.28. The van der Waals surface area contributed by atoms with Gasteiger partial charge in [0.2, 0.25) is 12.3 Å². The molecule has 3 N–H and O–H groups in total. The Kier molecular flexibility index (Phi) is 4.54. The van der Waals surface area contributed by atoms with E-state index in [4.69, 9.17) is 4.42 Å². The van der Waals surface area contributed by atoms with Crippen LogP contribution in [0.5, 0.6) is 0 Å². The largest absolute Gasteiger partial charge is 0.423 e. The molecule has 1 aromatic carbocycles. The first-order chi connectivity index (χ1) is 10.00. The van der Waals surface area contributed by atoms with Crippen LogP contribution in [0.15, 0.2) is 35.1 Å². The van der Waals surface area contributed by atoms with E-state index in [0.717, 1.165) is 0 Å². The van der Waals surface area contributed by atoms with Gasteiger partial charge in [0.25, 0.3) is 0 Å². The number of nitrogens with one attached hydrogen (secondary N) is 2. The molecule has 0 aliphatic rings. The standard InChI is InChI=1S/C14H18N4O3/c1-3-14(2,20)8-15-13(19)17-11-6-4-5-10(7-11)12-18-16-9-21-12/h4-7,9,20H,3,8H2,1-2H3,(H2,15,17,19)/t14-/m1/s1. The maximum Gasteiger partial charge on any atom is 0.319 e. The normalized spacial score (nSPS) is 13.5. The highest BCUT2D eigenvalue weighted by Crippen LogP contribution is 2.20. The number of hydrogen-bond acceptors (Lipinski definition) is 5. The highest BCUT2D eigenvalue weighted by Gasteiger charge is 2.18. The van der Waals surface area contributed by atoms with E-state index in [1.165, 1.54) is 6.39 Å². The van der Waals surface area contributed by atoms with Gasteiger partial charge in [0.05, 0.1) is 5.60 Å². The second kappa shape index (κ2) is 6.36. The smallest absolute Gasteiger partial charge is 0.319 e. The van der Waals surface area contributed by atoms with E-state index in [0.29, 0.717) is 23.6 Å². The SMILES string of the molecule is CC[C@@](C)(O)CNC(=O)Nc1cccc(-c2nnco2)c1. The highest BCUT2D eigenvalue weighted by atomic mass is 16.4. The molecule has 1 heterocycles. The maximum absolute atomic E-state index is 11.8. The minimum atomic E-state index is -0.914. The summed E-state index contributed by atoms with van der Waals surface area (Å²) >= 11 is 0. The number of carbonyl (C=O) groups is 1. The van der Waals surface area contributed by atoms with Gasteiger partial charge in [-0.05, 0) is 31.5 Å². The number of amides is 2. The predicted molar refractivity (Wildman–Crippen MR) is 77.7 cm³/mol. The Balaban J connectivity index is 1.97. The molecule has 0 radical (unpaired) electrons. The van der Waals surface area contributed by atoms with E-state index in [1.54, 1.807) is 31.2 Å². The van der Waals surface area contributed by atoms with Crippen molar-refractivity contribution in [3.8, 4) is 11.5 Å². The van der Waals surface area contributed by atoms with Gasteiger partial charge in [-0.25, -0.2) is 4.79 Å². The molecule has 0 spiro atoms. The molecule has 0 aliphatic heterocycles. The Morgan fingerprint density at radius 3 is 2.95 bits per heavy atom. The van der Waals surface area contributed by atoms with E-state index >= 15 is 0 Å². The molecule has 112 valence electrons. The second-order valence-electron chi connectivity index (χ2n) is 4.98. The number of carbonyl (C=O) groups excluding carboxylic acids is 1. The van der Waals surface area contributed by atoms with Crippen molar-refractivity contribution in [2.24, 2.45) is 0 Å². The lowest BCUT2D eigenvalue weighted by Gasteiger charge is -2.21. The van der Waals surface area contributed by atoms with Crippen molar-refractivity contribution in [3.63, 3.8) is 0 Å². The molecule has 2 aromatic rings. The Labute approximate surface area is 122 Å². The van der Waals surface area contributed by atoms with Gasteiger partial charge in [-0.2, -0.15) is 0 Å². The first-order valence-electron chi connectivity index (χ1n) is 6.64. The lowest BCUT2D eigenvalue weighted by Crippen LogP contribution is -2.41. The average molecular weight is 290 g/mol. The van der Waals surface area contributed by atoms with Crippen LogP contribution in [-0.2, 0) is 0 Å². The van der Waals surface area contributed by atoms with Crippen LogP contribution in [0.3, 0.4) is 0 Å². The molecule has 0 bridgehead atoms. The fourth-order valence-electron chi connectivity index (χ4n) is 1.60. The van der Waals surface area contributed by atoms with Crippen LogP contribution in [0.4, 0.5) is 10.5 Å². The van der Waals surface area contributed by atoms with Crippen molar-refractivity contribution in [1.82, 2.24) is 15.5 Å². The van der Waals surface area contributed by atoms with Crippen LogP contribution in [0.2, 0.25) is 0 Å². The second-order valence-corrected chi connectivity index (χ2v) is 4.98. The first kappa shape index (κ1) is 15.0. The molecule has 0 unspecified atom stereocenters. The maximum atomic E-state index is 11.8. The van der Waals surface area contributed by atoms with Crippen molar-refractivity contribution in [1.29, 1.82) is 0 Å². The van der Waals surface area contributed by atoms with Crippen LogP contribution in [0.1, 0.15) is 20.3 Å². The zero-order valence-corrected chi connectivity index (χ0v) is 12.0. The van der Waals surface area contributed by atoms with Gasteiger partial charge in [-0.1, -0.05) is 13.0 Å². The summed E-state index contributed by atoms with van der Waals surface area (Å²) in [5, 5.41) is 22.6. The van der Waals surface area contributed by atoms with Crippen molar-refractivity contribution in [3.05, 3.63) is 30.7 Å². The molecule has 1 atom stereocenters. The average Bonchev–Trinajstić information content (AvgIpc) is 3.00. The number of aliphatic hydroxyl groups is 1. The van der Waals surface area contributed by atoms with E-state index in [1.807, 2.05) is 6.92 Å². The predicted octanol–water partition coefficient (Wildman–Crippen LogP) is 2.02. The zero-order valence-electron chi connectivity index (χ0n) is 12.0. The lowest BCUT2D eigenvalue weighted by molar-refractivity contribution is 0.0587. The van der Waals surface area contributed by atoms with Crippen LogP contribution in [0, 0.1) is 0 Å². The van der Waals surface area contributed by atoms with Crippen LogP contribution in [0.25, 0.3) is 11.5 Å². The summed E-state index contributed by atoms with van der Waals surface area (Å²) in [6.45, 7) is 3.70. The molecular formula is C14H18N4O3. The lowest BCUT2D eigenvalue weighted by atomic mass is 10.0. The zero-order chi connectivity index (χ0) is 15.3. The molecule has 7 nitrogen and oxygen atoms in total. The summed E-state index contributed by atoms with van der Waals surface area (Å²) in [6.07, 6.45) is 1.80. The summed E-state index contributed by atoms with van der Waals surface area (Å²) < 4.78 is 5.10. The fourth-order valence-corrected chi connectivity index (χ4v) is 1.60. The first-order valence-corrected chi connectivity index (χ1v) is 6.64. The number of rotatable bonds is 5. The third-order valence-corrected chi connectivity index (χ3v) is 3.12. The fraction of sp³-hybridized carbons (Fsp3) is 0.357. The summed E-state index contributed by atoms with van der Waals surface area (Å²) in [6, 6.07) is 6.67. The summed E-state index contributed by atoms with van der Waals surface area (Å²) in [4.78, 5) is 11.8. The minimum Gasteiger partial charge on any atom is -0.423 e. The molecule has 0 saturated carbocycles. The van der Waals surface area contributed by atoms with Crippen molar-refractivity contribution in [2.45, 2.75) is 25.9 Å². The minimum absolute atomic E-state index is 0.179. The molecule has 7 heteroatoms. The van der Waals surface area contributed by atoms with E-state index in [-0.39, 0.29) is 12.6 Å². The van der Waals surface area contributed by atoms with Crippen LogP contribution < -0.4 is 10.6 Å². The van der Waals surface area contributed by atoms with Crippen LogP contribution in [-0.4, -0.2) is 33.5 Å². The van der Waals surface area contributed by atoms with Gasteiger partial charge in [-0.15, -0.1) is 10.2 Å². The highest BCUT2D eigenvalue weighted by molar-refractivity contribution is 5.89. The van der Waals surface area contributed by atoms with Gasteiger partial charge < -0.3 is 20.2 Å². The topological polar surface area (TPSA) is 100 Å². The van der Waals surface area contributed by atoms with E-state index < -0.39 is 5.60 Å². The summed E-state index contributed by atoms with van der Waals surface area (Å²) in [7, 11) is 0. The van der Waals surface area contributed by atoms with Gasteiger partial charge >= 0.3 is 6.03 Å². The molecule has 0 aliphatic carbocycles. The monoisotopic (exact) mass is 290 g/mol. The van der Waals surface area contributed by atoms with E-state index in [2.05, 4.69) is 20.8 Å². The number of anilines is 1. The Hall–Kier alpha value is -2.41. The molecular weight excluding hydrogens is 272 g/mol. The molecule has 1 aromatic heterocycles. The number of aromatic nitrogens is 2. The Morgan fingerprint density at radius 1 is 1.48 bits per heavy atom. The number of hydrogen-bond donors (Lipinski definition) is 3. The number of nitrogens with zero attached hydrogens (tertiary/aromatic N) is 2. The molecule has 0 saturated heterocycles. The summed E-state index contributed by atoms with van der Waals surface area (Å²) in [5.74, 6) is 0.382. The van der Waals surface area contributed by atoms with Crippen LogP contribution >= 0.6 is 0 Å². The van der Waals surface area contributed by atoms with Gasteiger partial charge in [-0.3, -0.25) is 0 Å². The third-order valence-electron chi connectivity index (χ3n) is 3.12. The van der Waals surface area contributed by atoms with Crippen molar-refractivity contribution in [2.75, 3.05) is 11.9 Å². The number of urea groups is 1. The molecule has 2 amide bonds. The van der Waals surface area contributed by atoms with Crippen molar-refractivity contribution < 1.29 is 14.3 Å². The summed E-state index contributed by atoms with van der Waals surface area (Å²) in [5.41, 5.74) is 0.397. The molecule has 0 fully saturated rings. The van der Waals surface area contributed by atoms with Crippen molar-refractivity contribution >= 4 is 11.7 Å². The van der Waals surface area contributed by atoms with E-state index in [9.17, 15) is 9.90 Å². The van der Waals surface area contributed by atoms with Gasteiger partial charge in [0.1, 0.15) is 0 Å². The van der Waals surface area contributed by atoms with Gasteiger partial charge in [0, 0.05) is 17.8 Å². The Bertz CT molecular complexity index is 596. The number of benzene rings is 1. The molecule has 21 heavy (non-hydrogen) atoms. The van der Waals surface area contributed by atoms with Gasteiger partial charge in [0.15, 0.2) is 0 Å². The quantitative estimate of drug-likeness (QED) is 0.782. The molecule has 2 rings (SSSR count).